The zero-order valence-corrected chi connectivity index (χ0v) is 11.2. The van der Waals surface area contributed by atoms with Crippen molar-refractivity contribution in [3.05, 3.63) is 42.1 Å². The predicted molar refractivity (Wildman–Crippen MR) is 75.5 cm³/mol. The van der Waals surface area contributed by atoms with Gasteiger partial charge in [-0.05, 0) is 25.5 Å². The second-order valence-electron chi connectivity index (χ2n) is 4.68. The molecular weight excluding hydrogens is 256 g/mol. The van der Waals surface area contributed by atoms with Gasteiger partial charge in [-0.1, -0.05) is 18.2 Å². The number of aromatic nitrogens is 1. The number of para-hydroxylation sites is 1. The molecule has 2 rings (SSSR count). The van der Waals surface area contributed by atoms with Crippen molar-refractivity contribution in [3.8, 4) is 0 Å². The molecule has 5 heteroatoms. The molecule has 1 heterocycles. The lowest BCUT2D eigenvalue weighted by molar-refractivity contribution is -0.137. The summed E-state index contributed by atoms with van der Waals surface area (Å²) in [7, 11) is 0. The first-order valence-corrected chi connectivity index (χ1v) is 6.44. The van der Waals surface area contributed by atoms with Crippen LogP contribution in [-0.4, -0.2) is 28.0 Å². The summed E-state index contributed by atoms with van der Waals surface area (Å²) >= 11 is 0. The van der Waals surface area contributed by atoms with Gasteiger partial charge in [-0.3, -0.25) is 14.6 Å². The van der Waals surface area contributed by atoms with Crippen LogP contribution in [0.5, 0.6) is 0 Å². The quantitative estimate of drug-likeness (QED) is 0.874. The number of fused-ring (bicyclic) bond motifs is 1. The van der Waals surface area contributed by atoms with Gasteiger partial charge in [0.2, 0.25) is 0 Å². The van der Waals surface area contributed by atoms with E-state index in [4.69, 9.17) is 5.11 Å². The molecule has 2 aromatic rings. The Labute approximate surface area is 116 Å². The van der Waals surface area contributed by atoms with Gasteiger partial charge in [-0.2, -0.15) is 0 Å². The fraction of sp³-hybridized carbons (Fsp3) is 0.267. The number of pyridine rings is 1. The fourth-order valence-corrected chi connectivity index (χ4v) is 2.01. The lowest BCUT2D eigenvalue weighted by atomic mass is 10.1. The van der Waals surface area contributed by atoms with Crippen LogP contribution in [0.25, 0.3) is 10.9 Å². The normalized spacial score (nSPS) is 12.1. The highest BCUT2D eigenvalue weighted by molar-refractivity contribution is 6.06. The Kier molecular flexibility index (Phi) is 4.30. The molecule has 0 aliphatic rings. The van der Waals surface area contributed by atoms with Crippen LogP contribution < -0.4 is 5.32 Å². The Morgan fingerprint density at radius 2 is 2.05 bits per heavy atom. The van der Waals surface area contributed by atoms with Gasteiger partial charge in [0, 0.05) is 24.0 Å². The number of nitrogens with zero attached hydrogens (tertiary/aromatic N) is 1. The Morgan fingerprint density at radius 1 is 1.30 bits per heavy atom. The Bertz CT molecular complexity index is 635. The lowest BCUT2D eigenvalue weighted by Crippen LogP contribution is -2.33. The topological polar surface area (TPSA) is 79.3 Å². The summed E-state index contributed by atoms with van der Waals surface area (Å²) in [6, 6.07) is 8.90. The minimum absolute atomic E-state index is 0.0402. The van der Waals surface area contributed by atoms with Crippen molar-refractivity contribution in [3.63, 3.8) is 0 Å². The number of carbonyl (C=O) groups is 2. The summed E-state index contributed by atoms with van der Waals surface area (Å²) in [5.74, 6) is -1.07. The monoisotopic (exact) mass is 272 g/mol. The number of carbonyl (C=O) groups excluding carboxylic acids is 1. The van der Waals surface area contributed by atoms with Crippen molar-refractivity contribution < 1.29 is 14.7 Å². The van der Waals surface area contributed by atoms with Crippen LogP contribution in [0.3, 0.4) is 0 Å². The summed E-state index contributed by atoms with van der Waals surface area (Å²) in [5, 5.41) is 12.2. The average molecular weight is 272 g/mol. The summed E-state index contributed by atoms with van der Waals surface area (Å²) in [4.78, 5) is 26.9. The molecule has 1 aromatic carbocycles. The minimum Gasteiger partial charge on any atom is -0.481 e. The number of benzene rings is 1. The van der Waals surface area contributed by atoms with Crippen LogP contribution in [0.1, 0.15) is 30.1 Å². The zero-order chi connectivity index (χ0) is 14.5. The van der Waals surface area contributed by atoms with Crippen LogP contribution in [0.15, 0.2) is 36.5 Å². The van der Waals surface area contributed by atoms with Gasteiger partial charge in [0.15, 0.2) is 0 Å². The average Bonchev–Trinajstić information content (AvgIpc) is 2.44. The van der Waals surface area contributed by atoms with Crippen molar-refractivity contribution in [1.82, 2.24) is 10.3 Å². The zero-order valence-electron chi connectivity index (χ0n) is 11.2. The second kappa shape index (κ2) is 6.14. The molecule has 104 valence electrons. The Balaban J connectivity index is 2.13. The molecule has 0 saturated carbocycles. The molecule has 1 atom stereocenters. The number of aliphatic carboxylic acids is 1. The Hall–Kier alpha value is -2.43. The van der Waals surface area contributed by atoms with Gasteiger partial charge in [0.05, 0.1) is 11.1 Å². The molecule has 20 heavy (non-hydrogen) atoms. The van der Waals surface area contributed by atoms with Crippen molar-refractivity contribution in [2.75, 3.05) is 0 Å². The van der Waals surface area contributed by atoms with E-state index in [0.717, 1.165) is 10.9 Å². The fourth-order valence-electron chi connectivity index (χ4n) is 2.01. The van der Waals surface area contributed by atoms with Crippen molar-refractivity contribution in [1.29, 1.82) is 0 Å². The van der Waals surface area contributed by atoms with Gasteiger partial charge in [0.1, 0.15) is 0 Å². The highest BCUT2D eigenvalue weighted by atomic mass is 16.4. The number of hydrogen-bond acceptors (Lipinski definition) is 3. The molecule has 5 nitrogen and oxygen atoms in total. The van der Waals surface area contributed by atoms with Crippen LogP contribution in [0.2, 0.25) is 0 Å². The Morgan fingerprint density at radius 3 is 2.80 bits per heavy atom. The van der Waals surface area contributed by atoms with Crippen LogP contribution in [0, 0.1) is 0 Å². The SMILES string of the molecule is CC(CCC(=O)O)NC(=O)c1ccnc2ccccc12. The molecule has 0 spiro atoms. The molecule has 0 bridgehead atoms. The van der Waals surface area contributed by atoms with E-state index in [-0.39, 0.29) is 18.4 Å². The third-order valence-corrected chi connectivity index (χ3v) is 3.06. The van der Waals surface area contributed by atoms with Crippen LogP contribution >= 0.6 is 0 Å². The third kappa shape index (κ3) is 3.32. The van der Waals surface area contributed by atoms with E-state index in [1.165, 1.54) is 0 Å². The number of amides is 1. The van der Waals surface area contributed by atoms with E-state index in [2.05, 4.69) is 10.3 Å². The third-order valence-electron chi connectivity index (χ3n) is 3.06. The lowest BCUT2D eigenvalue weighted by Gasteiger charge is -2.13. The molecule has 2 N–H and O–H groups in total. The number of rotatable bonds is 5. The molecule has 0 aliphatic carbocycles. The highest BCUT2D eigenvalue weighted by Gasteiger charge is 2.13. The summed E-state index contributed by atoms with van der Waals surface area (Å²) < 4.78 is 0. The molecule has 0 fully saturated rings. The van der Waals surface area contributed by atoms with E-state index in [0.29, 0.717) is 12.0 Å². The maximum absolute atomic E-state index is 12.2. The standard InChI is InChI=1S/C15H16N2O3/c1-10(6-7-14(18)19)17-15(20)12-8-9-16-13-5-3-2-4-11(12)13/h2-5,8-10H,6-7H2,1H3,(H,17,20)(H,18,19). The second-order valence-corrected chi connectivity index (χ2v) is 4.68. The molecule has 0 radical (unpaired) electrons. The van der Waals surface area contributed by atoms with E-state index in [1.807, 2.05) is 24.3 Å². The summed E-state index contributed by atoms with van der Waals surface area (Å²) in [6.07, 6.45) is 2.04. The molecule has 1 aromatic heterocycles. The van der Waals surface area contributed by atoms with Gasteiger partial charge in [-0.15, -0.1) is 0 Å². The molecule has 0 saturated heterocycles. The minimum atomic E-state index is -0.861. The van der Waals surface area contributed by atoms with E-state index >= 15 is 0 Å². The molecule has 0 aliphatic heterocycles. The number of carboxylic acid groups (broad SMARTS) is 1. The summed E-state index contributed by atoms with van der Waals surface area (Å²) in [6.45, 7) is 1.80. The van der Waals surface area contributed by atoms with E-state index in [1.54, 1.807) is 19.2 Å². The van der Waals surface area contributed by atoms with Gasteiger partial charge in [0.25, 0.3) is 5.91 Å². The van der Waals surface area contributed by atoms with Crippen molar-refractivity contribution >= 4 is 22.8 Å². The maximum Gasteiger partial charge on any atom is 0.303 e. The number of carboxylic acids is 1. The summed E-state index contributed by atoms with van der Waals surface area (Å²) in [5.41, 5.74) is 1.32. The van der Waals surface area contributed by atoms with Crippen molar-refractivity contribution in [2.24, 2.45) is 0 Å². The van der Waals surface area contributed by atoms with E-state index < -0.39 is 5.97 Å². The van der Waals surface area contributed by atoms with Gasteiger partial charge < -0.3 is 10.4 Å². The molecular formula is C15H16N2O3. The van der Waals surface area contributed by atoms with E-state index in [9.17, 15) is 9.59 Å². The first kappa shape index (κ1) is 14.0. The highest BCUT2D eigenvalue weighted by Crippen LogP contribution is 2.16. The maximum atomic E-state index is 12.2. The predicted octanol–water partition coefficient (Wildman–Crippen LogP) is 2.22. The number of hydrogen-bond donors (Lipinski definition) is 2. The smallest absolute Gasteiger partial charge is 0.303 e. The number of nitrogens with one attached hydrogen (secondary N) is 1. The first-order valence-electron chi connectivity index (χ1n) is 6.44. The van der Waals surface area contributed by atoms with Gasteiger partial charge >= 0.3 is 5.97 Å². The van der Waals surface area contributed by atoms with Crippen LogP contribution in [-0.2, 0) is 4.79 Å². The largest absolute Gasteiger partial charge is 0.481 e. The van der Waals surface area contributed by atoms with Crippen LogP contribution in [0.4, 0.5) is 0 Å². The first-order chi connectivity index (χ1) is 9.58. The molecule has 1 amide bonds. The van der Waals surface area contributed by atoms with Crippen molar-refractivity contribution in [2.45, 2.75) is 25.8 Å². The molecule has 1 unspecified atom stereocenters. The van der Waals surface area contributed by atoms with Gasteiger partial charge in [-0.25, -0.2) is 0 Å².